The lowest BCUT2D eigenvalue weighted by Crippen LogP contribution is -2.37. The summed E-state index contributed by atoms with van der Waals surface area (Å²) >= 11 is 6.13. The van der Waals surface area contributed by atoms with Gasteiger partial charge < -0.3 is 10.1 Å². The molecule has 0 spiro atoms. The molecule has 0 radical (unpaired) electrons. The standard InChI is InChI=1S/C13H14ClN3O2/c14-10-7-9(6-8-3-5-19-12(8)10)16-17-11-2-1-4-15-13(11)18/h6-7,16H,1-5H2,(H,15,18). The summed E-state index contributed by atoms with van der Waals surface area (Å²) in [4.78, 5) is 11.5. The summed E-state index contributed by atoms with van der Waals surface area (Å²) < 4.78 is 5.44. The van der Waals surface area contributed by atoms with Crippen molar-refractivity contribution in [3.05, 3.63) is 22.7 Å². The molecule has 0 atom stereocenters. The lowest BCUT2D eigenvalue weighted by Gasteiger charge is -2.14. The Morgan fingerprint density at radius 3 is 3.11 bits per heavy atom. The average Bonchev–Trinajstić information content (AvgIpc) is 2.87. The van der Waals surface area contributed by atoms with E-state index in [1.165, 1.54) is 0 Å². The molecule has 0 aromatic heterocycles. The first-order chi connectivity index (χ1) is 9.24. The molecule has 1 aromatic carbocycles. The minimum atomic E-state index is -0.102. The molecule has 19 heavy (non-hydrogen) atoms. The smallest absolute Gasteiger partial charge is 0.267 e. The van der Waals surface area contributed by atoms with Crippen molar-refractivity contribution in [1.82, 2.24) is 5.32 Å². The molecule has 0 bridgehead atoms. The van der Waals surface area contributed by atoms with Gasteiger partial charge in [0.1, 0.15) is 11.5 Å². The highest BCUT2D eigenvalue weighted by molar-refractivity contribution is 6.39. The third-order valence-corrected chi connectivity index (χ3v) is 3.48. The van der Waals surface area contributed by atoms with Gasteiger partial charge in [0.05, 0.1) is 17.3 Å². The number of carbonyl (C=O) groups excluding carboxylic acids is 1. The number of halogens is 1. The molecule has 1 fully saturated rings. The number of fused-ring (bicyclic) bond motifs is 1. The van der Waals surface area contributed by atoms with Gasteiger partial charge in [-0.1, -0.05) is 11.6 Å². The van der Waals surface area contributed by atoms with Gasteiger partial charge in [-0.25, -0.2) is 0 Å². The van der Waals surface area contributed by atoms with Crippen LogP contribution in [0.1, 0.15) is 18.4 Å². The monoisotopic (exact) mass is 279 g/mol. The van der Waals surface area contributed by atoms with Crippen LogP contribution in [0.15, 0.2) is 17.2 Å². The van der Waals surface area contributed by atoms with E-state index < -0.39 is 0 Å². The minimum absolute atomic E-state index is 0.102. The predicted molar refractivity (Wildman–Crippen MR) is 74.0 cm³/mol. The van der Waals surface area contributed by atoms with E-state index in [0.29, 0.717) is 23.8 Å². The highest BCUT2D eigenvalue weighted by atomic mass is 35.5. The first-order valence-electron chi connectivity index (χ1n) is 6.30. The number of carbonyl (C=O) groups is 1. The fraction of sp³-hybridized carbons (Fsp3) is 0.385. The lowest BCUT2D eigenvalue weighted by molar-refractivity contribution is -0.115. The summed E-state index contributed by atoms with van der Waals surface area (Å²) in [5.74, 6) is 0.657. The summed E-state index contributed by atoms with van der Waals surface area (Å²) in [7, 11) is 0. The summed E-state index contributed by atoms with van der Waals surface area (Å²) in [6, 6.07) is 3.72. The van der Waals surface area contributed by atoms with Gasteiger partial charge in [-0.3, -0.25) is 10.2 Å². The lowest BCUT2D eigenvalue weighted by atomic mass is 10.1. The van der Waals surface area contributed by atoms with Gasteiger partial charge in [0.2, 0.25) is 0 Å². The van der Waals surface area contributed by atoms with Crippen molar-refractivity contribution in [2.75, 3.05) is 18.6 Å². The zero-order valence-corrected chi connectivity index (χ0v) is 11.1. The third kappa shape index (κ3) is 2.51. The molecule has 2 N–H and O–H groups in total. The molecule has 0 unspecified atom stereocenters. The maximum absolute atomic E-state index is 11.5. The van der Waals surface area contributed by atoms with Crippen molar-refractivity contribution in [1.29, 1.82) is 0 Å². The number of nitrogens with one attached hydrogen (secondary N) is 2. The summed E-state index contributed by atoms with van der Waals surface area (Å²) in [5, 5.41) is 7.50. The molecule has 2 aliphatic rings. The van der Waals surface area contributed by atoms with E-state index in [1.54, 1.807) is 6.07 Å². The van der Waals surface area contributed by atoms with Crippen LogP contribution in [0.5, 0.6) is 5.75 Å². The second-order valence-corrected chi connectivity index (χ2v) is 4.98. The maximum Gasteiger partial charge on any atom is 0.267 e. The van der Waals surface area contributed by atoms with Gasteiger partial charge in [-0.05, 0) is 25.0 Å². The molecule has 2 heterocycles. The Balaban J connectivity index is 1.78. The van der Waals surface area contributed by atoms with Crippen molar-refractivity contribution in [2.45, 2.75) is 19.3 Å². The molecule has 5 nitrogen and oxygen atoms in total. The third-order valence-electron chi connectivity index (χ3n) is 3.20. The Hall–Kier alpha value is -1.75. The largest absolute Gasteiger partial charge is 0.491 e. The Bertz CT molecular complexity index is 557. The number of hydrogen-bond acceptors (Lipinski definition) is 4. The minimum Gasteiger partial charge on any atom is -0.491 e. The first kappa shape index (κ1) is 12.3. The number of amides is 1. The number of rotatable bonds is 2. The average molecular weight is 280 g/mol. The van der Waals surface area contributed by atoms with Crippen molar-refractivity contribution >= 4 is 28.9 Å². The molecule has 0 saturated carbocycles. The summed E-state index contributed by atoms with van der Waals surface area (Å²) in [5.41, 5.74) is 5.28. The molecule has 2 aliphatic heterocycles. The van der Waals surface area contributed by atoms with E-state index in [4.69, 9.17) is 16.3 Å². The fourth-order valence-corrected chi connectivity index (χ4v) is 2.53. The predicted octanol–water partition coefficient (Wildman–Crippen LogP) is 1.95. The van der Waals surface area contributed by atoms with Crippen LogP contribution in [0.2, 0.25) is 5.02 Å². The number of hydrogen-bond donors (Lipinski definition) is 2. The number of hydrazone groups is 1. The normalized spacial score (nSPS) is 19.8. The van der Waals surface area contributed by atoms with Gasteiger partial charge in [-0.15, -0.1) is 0 Å². The van der Waals surface area contributed by atoms with Crippen LogP contribution in [0.4, 0.5) is 5.69 Å². The first-order valence-corrected chi connectivity index (χ1v) is 6.68. The molecule has 6 heteroatoms. The van der Waals surface area contributed by atoms with Crippen molar-refractivity contribution in [3.8, 4) is 5.75 Å². The number of benzene rings is 1. The highest BCUT2D eigenvalue weighted by Gasteiger charge is 2.18. The van der Waals surface area contributed by atoms with Gasteiger partial charge in [0.25, 0.3) is 5.91 Å². The van der Waals surface area contributed by atoms with Crippen molar-refractivity contribution in [2.24, 2.45) is 5.10 Å². The van der Waals surface area contributed by atoms with Crippen LogP contribution in [0, 0.1) is 0 Å². The van der Waals surface area contributed by atoms with E-state index in [1.807, 2.05) is 6.07 Å². The van der Waals surface area contributed by atoms with Crippen LogP contribution in [-0.2, 0) is 11.2 Å². The molecule has 0 aliphatic carbocycles. The Morgan fingerprint density at radius 1 is 1.37 bits per heavy atom. The SMILES string of the molecule is O=C1NCCCC1=NNc1cc(Cl)c2c(c1)CCO2. The Kier molecular flexibility index (Phi) is 3.29. The topological polar surface area (TPSA) is 62.7 Å². The molecular weight excluding hydrogens is 266 g/mol. The molecule has 1 aromatic rings. The Morgan fingerprint density at radius 2 is 2.26 bits per heavy atom. The second kappa shape index (κ2) is 5.09. The number of piperidine rings is 1. The van der Waals surface area contributed by atoms with E-state index >= 15 is 0 Å². The number of ether oxygens (including phenoxy) is 1. The molecule has 100 valence electrons. The maximum atomic E-state index is 11.5. The zero-order chi connectivity index (χ0) is 13.2. The van der Waals surface area contributed by atoms with Crippen molar-refractivity contribution in [3.63, 3.8) is 0 Å². The van der Waals surface area contributed by atoms with Gasteiger partial charge in [-0.2, -0.15) is 5.10 Å². The van der Waals surface area contributed by atoms with E-state index in [2.05, 4.69) is 15.8 Å². The molecule has 3 rings (SSSR count). The van der Waals surface area contributed by atoms with Gasteiger partial charge in [0.15, 0.2) is 0 Å². The molecule has 1 amide bonds. The van der Waals surface area contributed by atoms with Gasteiger partial charge in [0, 0.05) is 18.5 Å². The van der Waals surface area contributed by atoms with E-state index in [-0.39, 0.29) is 5.91 Å². The van der Waals surface area contributed by atoms with Crippen LogP contribution in [0.25, 0.3) is 0 Å². The second-order valence-electron chi connectivity index (χ2n) is 4.57. The molecular formula is C13H14ClN3O2. The zero-order valence-electron chi connectivity index (χ0n) is 10.3. The van der Waals surface area contributed by atoms with E-state index in [9.17, 15) is 4.79 Å². The fourth-order valence-electron chi connectivity index (χ4n) is 2.24. The van der Waals surface area contributed by atoms with Crippen LogP contribution < -0.4 is 15.5 Å². The van der Waals surface area contributed by atoms with Gasteiger partial charge >= 0.3 is 0 Å². The quantitative estimate of drug-likeness (QED) is 0.814. The van der Waals surface area contributed by atoms with E-state index in [0.717, 1.165) is 36.4 Å². The van der Waals surface area contributed by atoms with Crippen LogP contribution in [-0.4, -0.2) is 24.8 Å². The van der Waals surface area contributed by atoms with Crippen LogP contribution >= 0.6 is 11.6 Å². The summed E-state index contributed by atoms with van der Waals surface area (Å²) in [6.07, 6.45) is 2.47. The number of anilines is 1. The summed E-state index contributed by atoms with van der Waals surface area (Å²) in [6.45, 7) is 1.38. The highest BCUT2D eigenvalue weighted by Crippen LogP contribution is 2.36. The van der Waals surface area contributed by atoms with Crippen LogP contribution in [0.3, 0.4) is 0 Å². The molecule has 1 saturated heterocycles. The Labute approximate surface area is 116 Å². The van der Waals surface area contributed by atoms with Crippen molar-refractivity contribution < 1.29 is 9.53 Å². The number of nitrogens with zero attached hydrogens (tertiary/aromatic N) is 1.